The molecule has 0 fully saturated rings. The van der Waals surface area contributed by atoms with Crippen molar-refractivity contribution in [3.63, 3.8) is 0 Å². The van der Waals surface area contributed by atoms with Gasteiger partial charge in [0.2, 0.25) is 0 Å². The van der Waals surface area contributed by atoms with Crippen LogP contribution in [0.4, 0.5) is 27.5 Å². The van der Waals surface area contributed by atoms with Crippen LogP contribution in [0.2, 0.25) is 0 Å². The molecule has 3 N–H and O–H groups in total. The minimum Gasteiger partial charge on any atom is -0.489 e. The molecule has 6 nitrogen and oxygen atoms in total. The Kier molecular flexibility index (Phi) is 4.29. The normalized spacial score (nSPS) is 12.9. The first-order valence-electron chi connectivity index (χ1n) is 9.51. The Balaban J connectivity index is 1.32. The van der Waals surface area contributed by atoms with Crippen LogP contribution < -0.4 is 20.3 Å². The maximum absolute atomic E-state index is 12.4. The van der Waals surface area contributed by atoms with Crippen molar-refractivity contribution in [3.05, 3.63) is 79.0 Å². The Hall–Kier alpha value is -3.93. The van der Waals surface area contributed by atoms with Crippen LogP contribution >= 0.6 is 0 Å². The molecule has 5 rings (SSSR count). The van der Waals surface area contributed by atoms with Gasteiger partial charge in [0.25, 0.3) is 0 Å². The van der Waals surface area contributed by atoms with Crippen molar-refractivity contribution in [2.45, 2.75) is 0 Å². The lowest BCUT2D eigenvalue weighted by atomic mass is 10.2. The minimum absolute atomic E-state index is 0.299. The highest BCUT2D eigenvalue weighted by molar-refractivity contribution is 6.01. The second kappa shape index (κ2) is 7.24. The molecule has 0 aliphatic carbocycles. The third-order valence-electron chi connectivity index (χ3n) is 4.96. The number of aromatic amines is 1. The second-order valence-electron chi connectivity index (χ2n) is 6.88. The molecule has 0 atom stereocenters. The fraction of sp³-hybridized carbons (Fsp3) is 0.0870. The van der Waals surface area contributed by atoms with Gasteiger partial charge in [-0.15, -0.1) is 0 Å². The molecule has 0 radical (unpaired) electrons. The molecule has 2 heterocycles. The summed E-state index contributed by atoms with van der Waals surface area (Å²) in [7, 11) is 0. The number of benzene rings is 3. The summed E-state index contributed by atoms with van der Waals surface area (Å²) in [4.78, 5) is 17.8. The highest BCUT2D eigenvalue weighted by Crippen LogP contribution is 2.38. The molecule has 2 amide bonds. The molecule has 0 spiro atoms. The number of carbonyl (C=O) groups is 1. The predicted molar refractivity (Wildman–Crippen MR) is 116 cm³/mol. The lowest BCUT2D eigenvalue weighted by Crippen LogP contribution is -2.28. The predicted octanol–water partition coefficient (Wildman–Crippen LogP) is 5.34. The fourth-order valence-electron chi connectivity index (χ4n) is 3.59. The van der Waals surface area contributed by atoms with Gasteiger partial charge in [-0.3, -0.25) is 0 Å². The average Bonchev–Trinajstić information content (AvgIpc) is 3.21. The van der Waals surface area contributed by atoms with Crippen molar-refractivity contribution in [1.82, 2.24) is 4.98 Å². The Bertz CT molecular complexity index is 1170. The van der Waals surface area contributed by atoms with Gasteiger partial charge in [-0.2, -0.15) is 0 Å². The average molecular weight is 384 g/mol. The lowest BCUT2D eigenvalue weighted by molar-refractivity contribution is 0.262. The quantitative estimate of drug-likeness (QED) is 0.446. The van der Waals surface area contributed by atoms with Crippen LogP contribution in [0, 0.1) is 0 Å². The topological polar surface area (TPSA) is 69.4 Å². The van der Waals surface area contributed by atoms with Crippen molar-refractivity contribution in [1.29, 1.82) is 0 Å². The molecule has 0 saturated heterocycles. The van der Waals surface area contributed by atoms with Gasteiger partial charge < -0.3 is 25.3 Å². The highest BCUT2D eigenvalue weighted by atomic mass is 16.5. The summed E-state index contributed by atoms with van der Waals surface area (Å²) in [5.74, 6) is 0.755. The first-order valence-corrected chi connectivity index (χ1v) is 9.51. The van der Waals surface area contributed by atoms with Gasteiger partial charge in [0, 0.05) is 34.8 Å². The number of fused-ring (bicyclic) bond motifs is 2. The van der Waals surface area contributed by atoms with E-state index in [0.717, 1.165) is 40.3 Å². The molecule has 4 aromatic rings. The molecule has 6 heteroatoms. The standard InChI is InChI=1S/C23H20N4O2/c28-23(25-17-7-6-16-10-11-24-20(16)14-17)26-18-8-9-21-22(15-18)29-13-12-27(21)19-4-2-1-3-5-19/h1-11,14-15,24H,12-13H2,(H2,25,26,28). The number of carbonyl (C=O) groups excluding carboxylic acids is 1. The number of para-hydroxylation sites is 1. The van der Waals surface area contributed by atoms with Crippen LogP contribution in [0.1, 0.15) is 0 Å². The number of anilines is 4. The molecule has 0 unspecified atom stereocenters. The number of hydrogen-bond donors (Lipinski definition) is 3. The molecule has 0 bridgehead atoms. The Morgan fingerprint density at radius 2 is 1.72 bits per heavy atom. The van der Waals surface area contributed by atoms with Crippen LogP contribution in [0.3, 0.4) is 0 Å². The van der Waals surface area contributed by atoms with E-state index in [0.29, 0.717) is 12.3 Å². The number of nitrogens with one attached hydrogen (secondary N) is 3. The summed E-state index contributed by atoms with van der Waals surface area (Å²) in [5, 5.41) is 6.85. The zero-order valence-electron chi connectivity index (χ0n) is 15.7. The summed E-state index contributed by atoms with van der Waals surface area (Å²) in [6.45, 7) is 1.37. The molecule has 3 aromatic carbocycles. The third kappa shape index (κ3) is 3.48. The Labute approximate surface area is 168 Å². The maximum atomic E-state index is 12.4. The molecular formula is C23H20N4O2. The summed E-state index contributed by atoms with van der Waals surface area (Å²) in [6.07, 6.45) is 1.88. The number of urea groups is 1. The first-order chi connectivity index (χ1) is 14.3. The van der Waals surface area contributed by atoms with E-state index in [1.807, 2.05) is 66.9 Å². The van der Waals surface area contributed by atoms with Crippen molar-refractivity contribution in [2.24, 2.45) is 0 Å². The minimum atomic E-state index is -0.299. The zero-order chi connectivity index (χ0) is 19.6. The zero-order valence-corrected chi connectivity index (χ0v) is 15.7. The summed E-state index contributed by atoms with van der Waals surface area (Å²) < 4.78 is 5.84. The van der Waals surface area contributed by atoms with E-state index >= 15 is 0 Å². The lowest BCUT2D eigenvalue weighted by Gasteiger charge is -2.31. The van der Waals surface area contributed by atoms with E-state index in [-0.39, 0.29) is 6.03 Å². The third-order valence-corrected chi connectivity index (χ3v) is 4.96. The van der Waals surface area contributed by atoms with E-state index in [4.69, 9.17) is 4.74 Å². The van der Waals surface area contributed by atoms with E-state index in [1.54, 1.807) is 0 Å². The van der Waals surface area contributed by atoms with Gasteiger partial charge >= 0.3 is 6.03 Å². The van der Waals surface area contributed by atoms with Crippen molar-refractivity contribution in [3.8, 4) is 5.75 Å². The van der Waals surface area contributed by atoms with Crippen LogP contribution in [0.25, 0.3) is 10.9 Å². The van der Waals surface area contributed by atoms with Gasteiger partial charge in [-0.1, -0.05) is 24.3 Å². The summed E-state index contributed by atoms with van der Waals surface area (Å²) >= 11 is 0. The smallest absolute Gasteiger partial charge is 0.323 e. The second-order valence-corrected chi connectivity index (χ2v) is 6.88. The van der Waals surface area contributed by atoms with E-state index in [2.05, 4.69) is 32.7 Å². The van der Waals surface area contributed by atoms with Crippen molar-refractivity contribution < 1.29 is 9.53 Å². The molecule has 1 aliphatic rings. The van der Waals surface area contributed by atoms with Crippen molar-refractivity contribution >= 4 is 39.7 Å². The highest BCUT2D eigenvalue weighted by Gasteiger charge is 2.20. The molecule has 1 aromatic heterocycles. The van der Waals surface area contributed by atoms with Gasteiger partial charge in [-0.25, -0.2) is 4.79 Å². The number of aromatic nitrogens is 1. The number of rotatable bonds is 3. The molecule has 144 valence electrons. The van der Waals surface area contributed by atoms with Gasteiger partial charge in [0.05, 0.1) is 12.2 Å². The van der Waals surface area contributed by atoms with Gasteiger partial charge in [0.15, 0.2) is 0 Å². The number of nitrogens with zero attached hydrogens (tertiary/aromatic N) is 1. The van der Waals surface area contributed by atoms with Crippen LogP contribution in [0.15, 0.2) is 79.0 Å². The first kappa shape index (κ1) is 17.2. The maximum Gasteiger partial charge on any atom is 0.323 e. The number of hydrogen-bond acceptors (Lipinski definition) is 3. The monoisotopic (exact) mass is 384 g/mol. The Morgan fingerprint density at radius 1 is 0.931 bits per heavy atom. The number of H-pyrrole nitrogens is 1. The molecule has 0 saturated carbocycles. The summed E-state index contributed by atoms with van der Waals surface area (Å²) in [5.41, 5.74) is 4.49. The van der Waals surface area contributed by atoms with Gasteiger partial charge in [0.1, 0.15) is 12.4 Å². The van der Waals surface area contributed by atoms with Crippen molar-refractivity contribution in [2.75, 3.05) is 28.7 Å². The largest absolute Gasteiger partial charge is 0.489 e. The molecular weight excluding hydrogens is 364 g/mol. The SMILES string of the molecule is O=C(Nc1ccc2c(c1)OCCN2c1ccccc1)Nc1ccc2cc[nH]c2c1. The van der Waals surface area contributed by atoms with E-state index in [1.165, 1.54) is 0 Å². The summed E-state index contributed by atoms with van der Waals surface area (Å²) in [6, 6.07) is 23.4. The fourth-order valence-corrected chi connectivity index (χ4v) is 3.59. The van der Waals surface area contributed by atoms with Gasteiger partial charge in [-0.05, 0) is 47.9 Å². The number of amides is 2. The Morgan fingerprint density at radius 3 is 2.59 bits per heavy atom. The van der Waals surface area contributed by atoms with Crippen LogP contribution in [0.5, 0.6) is 5.75 Å². The molecule has 1 aliphatic heterocycles. The van der Waals surface area contributed by atoms with Crippen LogP contribution in [-0.2, 0) is 0 Å². The van der Waals surface area contributed by atoms with Crippen LogP contribution in [-0.4, -0.2) is 24.2 Å². The molecule has 29 heavy (non-hydrogen) atoms. The number of ether oxygens (including phenoxy) is 1. The van der Waals surface area contributed by atoms with E-state index in [9.17, 15) is 4.79 Å². The van der Waals surface area contributed by atoms with E-state index < -0.39 is 0 Å².